The Kier molecular flexibility index (Phi) is 4.33. The van der Waals surface area contributed by atoms with Crippen LogP contribution in [0.4, 0.5) is 0 Å². The minimum absolute atomic E-state index is 0.0730. The third-order valence-corrected chi connectivity index (χ3v) is 5.13. The fourth-order valence-electron chi connectivity index (χ4n) is 2.77. The zero-order chi connectivity index (χ0) is 16.4. The van der Waals surface area contributed by atoms with E-state index in [1.807, 2.05) is 35.0 Å². The molecule has 0 unspecified atom stereocenters. The van der Waals surface area contributed by atoms with Gasteiger partial charge in [0.1, 0.15) is 5.65 Å². The molecule has 0 aliphatic carbocycles. The number of aromatic nitrogens is 2. The van der Waals surface area contributed by atoms with E-state index in [4.69, 9.17) is 5.14 Å². The van der Waals surface area contributed by atoms with E-state index in [-0.39, 0.29) is 24.9 Å². The molecule has 23 heavy (non-hydrogen) atoms. The van der Waals surface area contributed by atoms with Gasteiger partial charge in [0, 0.05) is 31.4 Å². The summed E-state index contributed by atoms with van der Waals surface area (Å²) in [6.45, 7) is 0.923. The molecule has 8 nitrogen and oxygen atoms in total. The third kappa shape index (κ3) is 3.69. The Morgan fingerprint density at radius 1 is 1.35 bits per heavy atom. The number of pyridine rings is 1. The van der Waals surface area contributed by atoms with Crippen molar-refractivity contribution in [1.29, 1.82) is 0 Å². The first kappa shape index (κ1) is 15.9. The van der Waals surface area contributed by atoms with Gasteiger partial charge in [-0.2, -0.15) is 12.7 Å². The van der Waals surface area contributed by atoms with Crippen molar-refractivity contribution in [1.82, 2.24) is 19.0 Å². The zero-order valence-corrected chi connectivity index (χ0v) is 13.4. The van der Waals surface area contributed by atoms with E-state index >= 15 is 0 Å². The predicted octanol–water partition coefficient (Wildman–Crippen LogP) is -0.134. The average molecular weight is 337 g/mol. The highest BCUT2D eigenvalue weighted by atomic mass is 32.2. The summed E-state index contributed by atoms with van der Waals surface area (Å²) >= 11 is 0. The number of carbonyl (C=O) groups excluding carboxylic acids is 1. The van der Waals surface area contributed by atoms with Crippen molar-refractivity contribution >= 4 is 21.8 Å². The molecule has 124 valence electrons. The number of carbonyl (C=O) groups is 1. The van der Waals surface area contributed by atoms with Gasteiger partial charge in [0.15, 0.2) is 0 Å². The highest BCUT2D eigenvalue weighted by Gasteiger charge is 2.29. The van der Waals surface area contributed by atoms with Gasteiger partial charge in [0.25, 0.3) is 10.2 Å². The number of nitrogens with zero attached hydrogens (tertiary/aromatic N) is 3. The number of nitrogens with two attached hydrogens (primary N) is 1. The predicted molar refractivity (Wildman–Crippen MR) is 84.4 cm³/mol. The van der Waals surface area contributed by atoms with Gasteiger partial charge in [-0.25, -0.2) is 10.1 Å². The molecule has 0 atom stereocenters. The van der Waals surface area contributed by atoms with Crippen LogP contribution in [0.1, 0.15) is 18.5 Å². The minimum atomic E-state index is -3.66. The van der Waals surface area contributed by atoms with E-state index in [0.717, 1.165) is 11.3 Å². The van der Waals surface area contributed by atoms with Gasteiger partial charge in [-0.1, -0.05) is 6.07 Å². The second kappa shape index (κ2) is 6.26. The Labute approximate surface area is 134 Å². The Bertz CT molecular complexity index is 776. The van der Waals surface area contributed by atoms with Crippen molar-refractivity contribution in [2.45, 2.75) is 19.4 Å². The lowest BCUT2D eigenvalue weighted by Crippen LogP contribution is -2.45. The van der Waals surface area contributed by atoms with Crippen LogP contribution < -0.4 is 10.5 Å². The first-order valence-corrected chi connectivity index (χ1v) is 8.92. The standard InChI is InChI=1S/C14H19N5O3S/c15-23(21,22)19-7-4-11(5-8-19)14(20)16-9-12-10-18-6-2-1-3-13(18)17-12/h1-3,6,10-11H,4-5,7-9H2,(H,16,20)(H2,15,21,22). The van der Waals surface area contributed by atoms with Crippen LogP contribution in [0, 0.1) is 5.92 Å². The summed E-state index contributed by atoms with van der Waals surface area (Å²) in [4.78, 5) is 16.6. The van der Waals surface area contributed by atoms with Crippen LogP contribution in [0.2, 0.25) is 0 Å². The van der Waals surface area contributed by atoms with E-state index in [1.165, 1.54) is 4.31 Å². The SMILES string of the molecule is NS(=O)(=O)N1CCC(C(=O)NCc2cn3ccccc3n2)CC1. The number of nitrogens with one attached hydrogen (secondary N) is 1. The summed E-state index contributed by atoms with van der Waals surface area (Å²) < 4.78 is 25.6. The number of rotatable bonds is 4. The first-order valence-electron chi connectivity index (χ1n) is 7.42. The summed E-state index contributed by atoms with van der Waals surface area (Å²) in [5, 5.41) is 7.96. The van der Waals surface area contributed by atoms with Crippen molar-refractivity contribution in [3.63, 3.8) is 0 Å². The van der Waals surface area contributed by atoms with Crippen molar-refractivity contribution < 1.29 is 13.2 Å². The molecule has 3 heterocycles. The lowest BCUT2D eigenvalue weighted by molar-refractivity contribution is -0.126. The number of piperidine rings is 1. The molecule has 0 radical (unpaired) electrons. The molecule has 0 bridgehead atoms. The van der Waals surface area contributed by atoms with E-state index in [9.17, 15) is 13.2 Å². The fourth-order valence-corrected chi connectivity index (χ4v) is 3.49. The topological polar surface area (TPSA) is 110 Å². The van der Waals surface area contributed by atoms with Crippen molar-refractivity contribution in [2.75, 3.05) is 13.1 Å². The quantitative estimate of drug-likeness (QED) is 0.809. The molecule has 2 aromatic heterocycles. The number of fused-ring (bicyclic) bond motifs is 1. The van der Waals surface area contributed by atoms with E-state index in [2.05, 4.69) is 10.3 Å². The molecular formula is C14H19N5O3S. The number of imidazole rings is 1. The molecule has 3 N–H and O–H groups in total. The smallest absolute Gasteiger partial charge is 0.276 e. The van der Waals surface area contributed by atoms with Gasteiger partial charge in [-0.15, -0.1) is 0 Å². The van der Waals surface area contributed by atoms with Crippen LogP contribution in [0.5, 0.6) is 0 Å². The Morgan fingerprint density at radius 3 is 2.74 bits per heavy atom. The molecule has 0 spiro atoms. The molecule has 0 saturated carbocycles. The fraction of sp³-hybridized carbons (Fsp3) is 0.429. The average Bonchev–Trinajstić information content (AvgIpc) is 2.95. The van der Waals surface area contributed by atoms with Crippen LogP contribution in [-0.4, -0.2) is 41.1 Å². The first-order chi connectivity index (χ1) is 10.9. The van der Waals surface area contributed by atoms with Gasteiger partial charge in [0.2, 0.25) is 5.91 Å². The number of hydrogen-bond acceptors (Lipinski definition) is 4. The molecule has 1 amide bonds. The second-order valence-electron chi connectivity index (χ2n) is 5.63. The van der Waals surface area contributed by atoms with E-state index in [0.29, 0.717) is 19.4 Å². The zero-order valence-electron chi connectivity index (χ0n) is 12.6. The Balaban J connectivity index is 1.54. The molecule has 2 aromatic rings. The lowest BCUT2D eigenvalue weighted by atomic mass is 9.97. The summed E-state index contributed by atoms with van der Waals surface area (Å²) in [6.07, 6.45) is 4.73. The lowest BCUT2D eigenvalue weighted by Gasteiger charge is -2.28. The molecule has 1 saturated heterocycles. The second-order valence-corrected chi connectivity index (χ2v) is 7.18. The van der Waals surface area contributed by atoms with Crippen molar-refractivity contribution in [2.24, 2.45) is 11.1 Å². The summed E-state index contributed by atoms with van der Waals surface area (Å²) in [7, 11) is -3.66. The summed E-state index contributed by atoms with van der Waals surface area (Å²) in [5.41, 5.74) is 1.62. The van der Waals surface area contributed by atoms with Crippen molar-refractivity contribution in [3.8, 4) is 0 Å². The van der Waals surface area contributed by atoms with Crippen LogP contribution in [0.3, 0.4) is 0 Å². The highest BCUT2D eigenvalue weighted by molar-refractivity contribution is 7.86. The van der Waals surface area contributed by atoms with Crippen LogP contribution in [0.15, 0.2) is 30.6 Å². The van der Waals surface area contributed by atoms with Crippen LogP contribution in [-0.2, 0) is 21.5 Å². The molecule has 3 rings (SSSR count). The summed E-state index contributed by atoms with van der Waals surface area (Å²) in [6, 6.07) is 5.72. The molecule has 1 aliphatic rings. The minimum Gasteiger partial charge on any atom is -0.350 e. The van der Waals surface area contributed by atoms with E-state index in [1.54, 1.807) is 0 Å². The number of hydrogen-bond donors (Lipinski definition) is 2. The van der Waals surface area contributed by atoms with Gasteiger partial charge in [-0.3, -0.25) is 4.79 Å². The maximum atomic E-state index is 12.2. The van der Waals surface area contributed by atoms with Crippen molar-refractivity contribution in [3.05, 3.63) is 36.3 Å². The summed E-state index contributed by atoms with van der Waals surface area (Å²) in [5.74, 6) is -0.263. The third-order valence-electron chi connectivity index (χ3n) is 4.04. The largest absolute Gasteiger partial charge is 0.350 e. The van der Waals surface area contributed by atoms with Gasteiger partial charge in [0.05, 0.1) is 12.2 Å². The highest BCUT2D eigenvalue weighted by Crippen LogP contribution is 2.18. The number of amides is 1. The Hall–Kier alpha value is -1.97. The van der Waals surface area contributed by atoms with E-state index < -0.39 is 10.2 Å². The normalized spacial score (nSPS) is 17.4. The van der Waals surface area contributed by atoms with Gasteiger partial charge >= 0.3 is 0 Å². The molecule has 1 aliphatic heterocycles. The maximum Gasteiger partial charge on any atom is 0.276 e. The van der Waals surface area contributed by atoms with Crippen LogP contribution in [0.25, 0.3) is 5.65 Å². The molecule has 1 fully saturated rings. The van der Waals surface area contributed by atoms with Gasteiger partial charge in [-0.05, 0) is 25.0 Å². The monoisotopic (exact) mass is 337 g/mol. The molecule has 9 heteroatoms. The Morgan fingerprint density at radius 2 is 2.09 bits per heavy atom. The molecular weight excluding hydrogens is 318 g/mol. The molecule has 0 aromatic carbocycles. The van der Waals surface area contributed by atoms with Crippen LogP contribution >= 0.6 is 0 Å². The maximum absolute atomic E-state index is 12.2. The van der Waals surface area contributed by atoms with Gasteiger partial charge < -0.3 is 9.72 Å².